The van der Waals surface area contributed by atoms with Crippen molar-refractivity contribution in [3.05, 3.63) is 35.9 Å². The highest BCUT2D eigenvalue weighted by Crippen LogP contribution is 2.06. The molecule has 6 heteroatoms. The topological polar surface area (TPSA) is 59.1 Å². The molecular weight excluding hydrogens is 260 g/mol. The molecular formula is C14H18N2O4. The minimum absolute atomic E-state index is 0.215. The summed E-state index contributed by atoms with van der Waals surface area (Å²) in [6, 6.07) is 9.54. The Balaban J connectivity index is 1.79. The number of carbonyl (C=O) groups is 2. The van der Waals surface area contributed by atoms with Crippen LogP contribution in [0.15, 0.2) is 30.3 Å². The molecule has 1 amide bonds. The Bertz CT molecular complexity index is 438. The molecule has 0 radical (unpaired) electrons. The van der Waals surface area contributed by atoms with Crippen molar-refractivity contribution in [2.75, 3.05) is 32.8 Å². The molecule has 20 heavy (non-hydrogen) atoms. The standard InChI is InChI=1S/C14H18N2O4/c17-10-8-16-7-6-15(9-11-20-16)14(18)19-12-13-4-2-1-3-5-13/h1-5,10H,6-9,11-12H2. The van der Waals surface area contributed by atoms with E-state index in [0.29, 0.717) is 26.2 Å². The maximum Gasteiger partial charge on any atom is 0.410 e. The third-order valence-corrected chi connectivity index (χ3v) is 3.00. The summed E-state index contributed by atoms with van der Waals surface area (Å²) in [6.07, 6.45) is 0.425. The van der Waals surface area contributed by atoms with Gasteiger partial charge in [0.1, 0.15) is 12.9 Å². The summed E-state index contributed by atoms with van der Waals surface area (Å²) in [4.78, 5) is 29.3. The number of amides is 1. The lowest BCUT2D eigenvalue weighted by Crippen LogP contribution is -2.36. The number of benzene rings is 1. The van der Waals surface area contributed by atoms with Crippen molar-refractivity contribution >= 4 is 12.4 Å². The summed E-state index contributed by atoms with van der Waals surface area (Å²) in [7, 11) is 0. The Morgan fingerprint density at radius 3 is 2.80 bits per heavy atom. The van der Waals surface area contributed by atoms with Crippen molar-refractivity contribution in [2.45, 2.75) is 6.61 Å². The first-order valence-corrected chi connectivity index (χ1v) is 6.56. The molecule has 1 aliphatic heterocycles. The van der Waals surface area contributed by atoms with E-state index in [9.17, 15) is 9.59 Å². The molecule has 0 aliphatic carbocycles. The van der Waals surface area contributed by atoms with Gasteiger partial charge in [0.2, 0.25) is 0 Å². The minimum Gasteiger partial charge on any atom is -0.445 e. The Morgan fingerprint density at radius 1 is 1.25 bits per heavy atom. The van der Waals surface area contributed by atoms with E-state index in [0.717, 1.165) is 11.8 Å². The van der Waals surface area contributed by atoms with Gasteiger partial charge in [0.05, 0.1) is 13.2 Å². The Hall–Kier alpha value is -1.92. The Labute approximate surface area is 117 Å². The fourth-order valence-corrected chi connectivity index (χ4v) is 1.91. The van der Waals surface area contributed by atoms with Crippen LogP contribution in [0.1, 0.15) is 5.56 Å². The predicted octanol–water partition coefficient (Wildman–Crippen LogP) is 1.07. The van der Waals surface area contributed by atoms with E-state index in [1.807, 2.05) is 30.3 Å². The normalized spacial score (nSPS) is 16.5. The zero-order chi connectivity index (χ0) is 14.2. The molecule has 6 nitrogen and oxygen atoms in total. The third-order valence-electron chi connectivity index (χ3n) is 3.00. The summed E-state index contributed by atoms with van der Waals surface area (Å²) in [5.74, 6) is 0. The summed E-state index contributed by atoms with van der Waals surface area (Å²) in [5.41, 5.74) is 0.953. The van der Waals surface area contributed by atoms with Crippen molar-refractivity contribution in [2.24, 2.45) is 0 Å². The molecule has 1 saturated heterocycles. The van der Waals surface area contributed by atoms with Gasteiger partial charge in [-0.1, -0.05) is 30.3 Å². The Kier molecular flexibility index (Phi) is 5.52. The van der Waals surface area contributed by atoms with Gasteiger partial charge < -0.3 is 14.4 Å². The number of carbonyl (C=O) groups excluding carboxylic acids is 2. The van der Waals surface area contributed by atoms with E-state index in [4.69, 9.17) is 9.57 Å². The van der Waals surface area contributed by atoms with E-state index in [1.54, 1.807) is 9.96 Å². The van der Waals surface area contributed by atoms with Gasteiger partial charge in [-0.15, -0.1) is 0 Å². The summed E-state index contributed by atoms with van der Waals surface area (Å²) in [5, 5.41) is 1.55. The second kappa shape index (κ2) is 7.62. The first-order valence-electron chi connectivity index (χ1n) is 6.56. The van der Waals surface area contributed by atoms with Crippen LogP contribution in [0.5, 0.6) is 0 Å². The van der Waals surface area contributed by atoms with Crippen molar-refractivity contribution in [1.82, 2.24) is 9.96 Å². The predicted molar refractivity (Wildman–Crippen MR) is 71.8 cm³/mol. The fraction of sp³-hybridized carbons (Fsp3) is 0.429. The maximum atomic E-state index is 11.9. The van der Waals surface area contributed by atoms with Crippen LogP contribution in [0.25, 0.3) is 0 Å². The zero-order valence-corrected chi connectivity index (χ0v) is 11.2. The molecule has 0 N–H and O–H groups in total. The van der Waals surface area contributed by atoms with Crippen LogP contribution in [-0.4, -0.2) is 55.1 Å². The van der Waals surface area contributed by atoms with Gasteiger partial charge in [-0.05, 0) is 5.56 Å². The van der Waals surface area contributed by atoms with Crippen LogP contribution in [0.4, 0.5) is 4.79 Å². The number of rotatable bonds is 4. The van der Waals surface area contributed by atoms with Crippen LogP contribution >= 0.6 is 0 Å². The molecule has 2 rings (SSSR count). The van der Waals surface area contributed by atoms with Gasteiger partial charge in [-0.3, -0.25) is 4.84 Å². The molecule has 0 atom stereocenters. The molecule has 0 bridgehead atoms. The molecule has 0 aromatic heterocycles. The number of nitrogens with zero attached hydrogens (tertiary/aromatic N) is 2. The van der Waals surface area contributed by atoms with Crippen LogP contribution in [0, 0.1) is 0 Å². The second-order valence-corrected chi connectivity index (χ2v) is 4.42. The van der Waals surface area contributed by atoms with E-state index in [2.05, 4.69) is 0 Å². The summed E-state index contributed by atoms with van der Waals surface area (Å²) >= 11 is 0. The highest BCUT2D eigenvalue weighted by atomic mass is 16.7. The van der Waals surface area contributed by atoms with Crippen LogP contribution in [0.3, 0.4) is 0 Å². The molecule has 0 saturated carbocycles. The molecule has 1 fully saturated rings. The fourth-order valence-electron chi connectivity index (χ4n) is 1.91. The zero-order valence-electron chi connectivity index (χ0n) is 11.2. The molecule has 1 aromatic carbocycles. The summed E-state index contributed by atoms with van der Waals surface area (Å²) < 4.78 is 5.26. The number of ether oxygens (including phenoxy) is 1. The van der Waals surface area contributed by atoms with Gasteiger partial charge in [0.25, 0.3) is 0 Å². The number of hydrogen-bond acceptors (Lipinski definition) is 5. The molecule has 1 aromatic rings. The quantitative estimate of drug-likeness (QED) is 0.771. The highest BCUT2D eigenvalue weighted by Gasteiger charge is 2.20. The van der Waals surface area contributed by atoms with Crippen molar-refractivity contribution in [1.29, 1.82) is 0 Å². The van der Waals surface area contributed by atoms with Crippen LogP contribution < -0.4 is 0 Å². The lowest BCUT2D eigenvalue weighted by Gasteiger charge is -2.19. The molecule has 108 valence electrons. The Morgan fingerprint density at radius 2 is 2.05 bits per heavy atom. The first-order chi connectivity index (χ1) is 9.79. The van der Waals surface area contributed by atoms with Gasteiger partial charge in [0.15, 0.2) is 0 Å². The SMILES string of the molecule is O=CCN1CCN(C(=O)OCc2ccccc2)CCO1. The molecule has 0 spiro atoms. The molecule has 1 heterocycles. The number of hydrogen-bond donors (Lipinski definition) is 0. The van der Waals surface area contributed by atoms with Gasteiger partial charge in [0, 0.05) is 19.6 Å². The monoisotopic (exact) mass is 278 g/mol. The van der Waals surface area contributed by atoms with Crippen LogP contribution in [0.2, 0.25) is 0 Å². The van der Waals surface area contributed by atoms with E-state index >= 15 is 0 Å². The number of aldehydes is 1. The lowest BCUT2D eigenvalue weighted by molar-refractivity contribution is -0.152. The smallest absolute Gasteiger partial charge is 0.410 e. The maximum absolute atomic E-state index is 11.9. The molecule has 0 unspecified atom stereocenters. The first kappa shape index (κ1) is 14.5. The van der Waals surface area contributed by atoms with Gasteiger partial charge >= 0.3 is 6.09 Å². The van der Waals surface area contributed by atoms with Crippen molar-refractivity contribution in [3.63, 3.8) is 0 Å². The van der Waals surface area contributed by atoms with Gasteiger partial charge in [-0.2, -0.15) is 5.06 Å². The van der Waals surface area contributed by atoms with Crippen molar-refractivity contribution in [3.8, 4) is 0 Å². The highest BCUT2D eigenvalue weighted by molar-refractivity contribution is 5.67. The van der Waals surface area contributed by atoms with Gasteiger partial charge in [-0.25, -0.2) is 4.79 Å². The summed E-state index contributed by atoms with van der Waals surface area (Å²) in [6.45, 7) is 2.29. The minimum atomic E-state index is -0.356. The average Bonchev–Trinajstić information content (AvgIpc) is 2.72. The van der Waals surface area contributed by atoms with Crippen LogP contribution in [-0.2, 0) is 21.0 Å². The third kappa shape index (κ3) is 4.32. The van der Waals surface area contributed by atoms with Crippen molar-refractivity contribution < 1.29 is 19.2 Å². The second-order valence-electron chi connectivity index (χ2n) is 4.42. The number of hydroxylamine groups is 2. The van der Waals surface area contributed by atoms with E-state index < -0.39 is 0 Å². The lowest BCUT2D eigenvalue weighted by atomic mass is 10.2. The van der Waals surface area contributed by atoms with E-state index in [-0.39, 0.29) is 19.2 Å². The van der Waals surface area contributed by atoms with E-state index in [1.165, 1.54) is 0 Å². The largest absolute Gasteiger partial charge is 0.445 e. The average molecular weight is 278 g/mol. The molecule has 1 aliphatic rings.